The third-order valence-electron chi connectivity index (χ3n) is 3.22. The Bertz CT molecular complexity index is 704. The molecule has 0 saturated carbocycles. The number of anilines is 1. The molecule has 6 heteroatoms. The molecule has 0 aliphatic heterocycles. The van der Waals surface area contributed by atoms with Gasteiger partial charge in [-0.2, -0.15) is 0 Å². The minimum Gasteiger partial charge on any atom is -0.493 e. The van der Waals surface area contributed by atoms with Crippen LogP contribution in [0.5, 0.6) is 5.75 Å². The lowest BCUT2D eigenvalue weighted by Crippen LogP contribution is -2.34. The van der Waals surface area contributed by atoms with Gasteiger partial charge in [-0.25, -0.2) is 4.39 Å². The van der Waals surface area contributed by atoms with Crippen LogP contribution >= 0.6 is 12.2 Å². The van der Waals surface area contributed by atoms with Crippen LogP contribution in [-0.2, 0) is 0 Å². The lowest BCUT2D eigenvalue weighted by atomic mass is 10.2. The van der Waals surface area contributed by atoms with Gasteiger partial charge in [0.05, 0.1) is 12.2 Å². The van der Waals surface area contributed by atoms with Crippen molar-refractivity contribution in [3.8, 4) is 5.75 Å². The highest BCUT2D eigenvalue weighted by Crippen LogP contribution is 2.18. The summed E-state index contributed by atoms with van der Waals surface area (Å²) in [4.78, 5) is 12.4. The van der Waals surface area contributed by atoms with Crippen LogP contribution in [0.25, 0.3) is 0 Å². The predicted octanol–water partition coefficient (Wildman–Crippen LogP) is 4.13. The Labute approximate surface area is 146 Å². The van der Waals surface area contributed by atoms with Gasteiger partial charge < -0.3 is 10.1 Å². The van der Waals surface area contributed by atoms with Gasteiger partial charge in [0.1, 0.15) is 11.6 Å². The Morgan fingerprint density at radius 3 is 2.58 bits per heavy atom. The molecule has 0 fully saturated rings. The van der Waals surface area contributed by atoms with Crippen molar-refractivity contribution < 1.29 is 13.9 Å². The number of hydrogen-bond donors (Lipinski definition) is 2. The Balaban J connectivity index is 1.98. The molecule has 2 rings (SSSR count). The molecule has 24 heavy (non-hydrogen) atoms. The normalized spacial score (nSPS) is 10.1. The summed E-state index contributed by atoms with van der Waals surface area (Å²) in [7, 11) is 0. The van der Waals surface area contributed by atoms with Gasteiger partial charge >= 0.3 is 0 Å². The van der Waals surface area contributed by atoms with Crippen LogP contribution in [0.1, 0.15) is 30.1 Å². The van der Waals surface area contributed by atoms with E-state index in [1.165, 1.54) is 24.3 Å². The molecular formula is C18H19FN2O2S. The fraction of sp³-hybridized carbons (Fsp3) is 0.222. The molecule has 0 spiro atoms. The van der Waals surface area contributed by atoms with Gasteiger partial charge in [-0.1, -0.05) is 25.5 Å². The van der Waals surface area contributed by atoms with E-state index < -0.39 is 0 Å². The third kappa shape index (κ3) is 5.31. The molecule has 2 aromatic rings. The SMILES string of the molecule is CCCCOc1ccccc1C(=O)NC(=S)Nc1ccc(F)cc1. The minimum absolute atomic E-state index is 0.134. The van der Waals surface area contributed by atoms with Crippen LogP contribution in [0.4, 0.5) is 10.1 Å². The van der Waals surface area contributed by atoms with E-state index in [2.05, 4.69) is 17.6 Å². The van der Waals surface area contributed by atoms with Crippen molar-refractivity contribution in [1.82, 2.24) is 5.32 Å². The third-order valence-corrected chi connectivity index (χ3v) is 3.42. The van der Waals surface area contributed by atoms with Crippen LogP contribution in [0.2, 0.25) is 0 Å². The van der Waals surface area contributed by atoms with Crippen molar-refractivity contribution >= 4 is 28.9 Å². The van der Waals surface area contributed by atoms with E-state index in [0.29, 0.717) is 23.6 Å². The number of para-hydroxylation sites is 1. The first-order chi connectivity index (χ1) is 11.6. The minimum atomic E-state index is -0.360. The molecule has 0 aromatic heterocycles. The van der Waals surface area contributed by atoms with Gasteiger partial charge in [-0.15, -0.1) is 0 Å². The number of amides is 1. The number of ether oxygens (including phenoxy) is 1. The molecular weight excluding hydrogens is 327 g/mol. The van der Waals surface area contributed by atoms with Gasteiger partial charge in [0.2, 0.25) is 0 Å². The Morgan fingerprint density at radius 1 is 1.17 bits per heavy atom. The summed E-state index contributed by atoms with van der Waals surface area (Å²) in [6.45, 7) is 2.63. The van der Waals surface area contributed by atoms with Crippen molar-refractivity contribution in [2.75, 3.05) is 11.9 Å². The van der Waals surface area contributed by atoms with Gasteiger partial charge in [0.25, 0.3) is 5.91 Å². The number of unbranched alkanes of at least 4 members (excludes halogenated alkanes) is 1. The molecule has 0 unspecified atom stereocenters. The predicted molar refractivity (Wildman–Crippen MR) is 96.9 cm³/mol. The number of thiocarbonyl (C=S) groups is 1. The fourth-order valence-corrected chi connectivity index (χ4v) is 2.18. The second-order valence-corrected chi connectivity index (χ2v) is 5.52. The number of carbonyl (C=O) groups is 1. The number of benzene rings is 2. The average molecular weight is 346 g/mol. The quantitative estimate of drug-likeness (QED) is 0.610. The smallest absolute Gasteiger partial charge is 0.261 e. The van der Waals surface area contributed by atoms with Gasteiger partial charge in [-0.05, 0) is 55.0 Å². The molecule has 1 amide bonds. The van der Waals surface area contributed by atoms with Crippen molar-refractivity contribution in [2.24, 2.45) is 0 Å². The van der Waals surface area contributed by atoms with E-state index in [4.69, 9.17) is 17.0 Å². The summed E-state index contributed by atoms with van der Waals surface area (Å²) in [5.41, 5.74) is 1.01. The van der Waals surface area contributed by atoms with Crippen molar-refractivity contribution in [3.63, 3.8) is 0 Å². The zero-order valence-electron chi connectivity index (χ0n) is 13.3. The maximum Gasteiger partial charge on any atom is 0.261 e. The summed E-state index contributed by atoms with van der Waals surface area (Å²) in [6.07, 6.45) is 1.93. The molecule has 2 N–H and O–H groups in total. The molecule has 2 aromatic carbocycles. The van der Waals surface area contributed by atoms with Crippen molar-refractivity contribution in [3.05, 3.63) is 59.9 Å². The second-order valence-electron chi connectivity index (χ2n) is 5.11. The zero-order valence-corrected chi connectivity index (χ0v) is 14.2. The summed E-state index contributed by atoms with van der Waals surface area (Å²) >= 11 is 5.12. The number of halogens is 1. The van der Waals surface area contributed by atoms with E-state index in [-0.39, 0.29) is 16.8 Å². The van der Waals surface area contributed by atoms with Crippen LogP contribution in [0.15, 0.2) is 48.5 Å². The van der Waals surface area contributed by atoms with E-state index in [1.54, 1.807) is 18.2 Å². The highest BCUT2D eigenvalue weighted by atomic mass is 32.1. The number of nitrogens with one attached hydrogen (secondary N) is 2. The first kappa shape index (κ1) is 17.9. The molecule has 0 bridgehead atoms. The van der Waals surface area contributed by atoms with E-state index in [0.717, 1.165) is 12.8 Å². The van der Waals surface area contributed by atoms with Crippen molar-refractivity contribution in [2.45, 2.75) is 19.8 Å². The first-order valence-corrected chi connectivity index (χ1v) is 8.10. The molecule has 126 valence electrons. The summed E-state index contributed by atoms with van der Waals surface area (Å²) in [5, 5.41) is 5.57. The van der Waals surface area contributed by atoms with Crippen LogP contribution < -0.4 is 15.4 Å². The first-order valence-electron chi connectivity index (χ1n) is 7.70. The fourth-order valence-electron chi connectivity index (χ4n) is 1.97. The summed E-state index contributed by atoms with van der Waals surface area (Å²) in [5.74, 6) is -0.177. The maximum atomic E-state index is 12.9. The largest absolute Gasteiger partial charge is 0.493 e. The molecule has 0 aliphatic carbocycles. The molecule has 0 aliphatic rings. The van der Waals surface area contributed by atoms with Gasteiger partial charge in [0.15, 0.2) is 5.11 Å². The number of carbonyl (C=O) groups excluding carboxylic acids is 1. The van der Waals surface area contributed by atoms with E-state index in [1.807, 2.05) is 6.07 Å². The average Bonchev–Trinajstić information content (AvgIpc) is 2.57. The number of hydrogen-bond acceptors (Lipinski definition) is 3. The van der Waals surface area contributed by atoms with Crippen LogP contribution in [0.3, 0.4) is 0 Å². The number of rotatable bonds is 6. The Hall–Kier alpha value is -2.47. The Kier molecular flexibility index (Phi) is 6.69. The maximum absolute atomic E-state index is 12.9. The lowest BCUT2D eigenvalue weighted by Gasteiger charge is -2.13. The Morgan fingerprint density at radius 2 is 1.88 bits per heavy atom. The second kappa shape index (κ2) is 8.98. The summed E-state index contributed by atoms with van der Waals surface area (Å²) in [6, 6.07) is 12.7. The van der Waals surface area contributed by atoms with Crippen molar-refractivity contribution in [1.29, 1.82) is 0 Å². The molecule has 0 saturated heterocycles. The standard InChI is InChI=1S/C18H19FN2O2S/c1-2-3-12-23-16-7-5-4-6-15(16)17(22)21-18(24)20-14-10-8-13(19)9-11-14/h4-11H,2-3,12H2,1H3,(H2,20,21,22,24). The van der Waals surface area contributed by atoms with Crippen LogP contribution in [0, 0.1) is 5.82 Å². The highest BCUT2D eigenvalue weighted by molar-refractivity contribution is 7.80. The van der Waals surface area contributed by atoms with E-state index in [9.17, 15) is 9.18 Å². The molecule has 0 radical (unpaired) electrons. The summed E-state index contributed by atoms with van der Waals surface area (Å²) < 4.78 is 18.5. The lowest BCUT2D eigenvalue weighted by molar-refractivity contribution is 0.0973. The van der Waals surface area contributed by atoms with Gasteiger partial charge in [-0.3, -0.25) is 10.1 Å². The monoisotopic (exact) mass is 346 g/mol. The van der Waals surface area contributed by atoms with Crippen LogP contribution in [-0.4, -0.2) is 17.6 Å². The topological polar surface area (TPSA) is 50.4 Å². The highest BCUT2D eigenvalue weighted by Gasteiger charge is 2.13. The molecule has 4 nitrogen and oxygen atoms in total. The van der Waals surface area contributed by atoms with E-state index >= 15 is 0 Å². The molecule has 0 heterocycles. The molecule has 0 atom stereocenters. The zero-order chi connectivity index (χ0) is 17.4. The van der Waals surface area contributed by atoms with Gasteiger partial charge in [0, 0.05) is 5.69 Å².